The van der Waals surface area contributed by atoms with Gasteiger partial charge in [-0.05, 0) is 36.6 Å². The summed E-state index contributed by atoms with van der Waals surface area (Å²) in [6.45, 7) is 0. The standard InChI is InChI=1S/C17H14N2O3/c20-15(17(8-9-17)11-4-2-1-3-5-11)18-12-6-7-14-13(10-12)19-16(21)22-14/h1-7,10H,8-9H2,(H,18,20)(H,19,21). The molecule has 1 fully saturated rings. The van der Waals surface area contributed by atoms with Crippen LogP contribution in [0.1, 0.15) is 18.4 Å². The Kier molecular flexibility index (Phi) is 2.69. The van der Waals surface area contributed by atoms with E-state index >= 15 is 0 Å². The zero-order valence-corrected chi connectivity index (χ0v) is 11.8. The Hall–Kier alpha value is -2.82. The minimum absolute atomic E-state index is 0.0103. The number of amides is 1. The number of H-pyrrole nitrogens is 1. The molecule has 0 atom stereocenters. The predicted octanol–water partition coefficient (Wildman–Crippen LogP) is 2.79. The lowest BCUT2D eigenvalue weighted by molar-refractivity contribution is -0.118. The second-order valence-electron chi connectivity index (χ2n) is 5.63. The molecule has 0 aliphatic heterocycles. The Labute approximate surface area is 126 Å². The van der Waals surface area contributed by atoms with E-state index < -0.39 is 11.2 Å². The minimum Gasteiger partial charge on any atom is -0.408 e. The van der Waals surface area contributed by atoms with Crippen molar-refractivity contribution in [1.82, 2.24) is 4.98 Å². The van der Waals surface area contributed by atoms with Crippen LogP contribution in [0.3, 0.4) is 0 Å². The van der Waals surface area contributed by atoms with E-state index in [-0.39, 0.29) is 5.91 Å². The highest BCUT2D eigenvalue weighted by molar-refractivity contribution is 6.02. The van der Waals surface area contributed by atoms with Crippen LogP contribution in [0.25, 0.3) is 11.1 Å². The second-order valence-corrected chi connectivity index (χ2v) is 5.63. The van der Waals surface area contributed by atoms with Gasteiger partial charge >= 0.3 is 5.76 Å². The molecule has 2 N–H and O–H groups in total. The van der Waals surface area contributed by atoms with Gasteiger partial charge in [0.2, 0.25) is 5.91 Å². The maximum atomic E-state index is 12.6. The lowest BCUT2D eigenvalue weighted by Gasteiger charge is -2.15. The smallest absolute Gasteiger partial charge is 0.408 e. The van der Waals surface area contributed by atoms with E-state index in [1.54, 1.807) is 18.2 Å². The van der Waals surface area contributed by atoms with Crippen LogP contribution in [0, 0.1) is 0 Å². The second kappa shape index (κ2) is 4.59. The fourth-order valence-corrected chi connectivity index (χ4v) is 2.81. The normalized spacial score (nSPS) is 15.6. The number of rotatable bonds is 3. The first kappa shape index (κ1) is 12.9. The fourth-order valence-electron chi connectivity index (χ4n) is 2.81. The molecule has 0 radical (unpaired) electrons. The molecule has 0 spiro atoms. The number of aromatic amines is 1. The van der Waals surface area contributed by atoms with Crippen LogP contribution in [0.4, 0.5) is 5.69 Å². The molecule has 1 aromatic heterocycles. The zero-order valence-electron chi connectivity index (χ0n) is 11.8. The summed E-state index contributed by atoms with van der Waals surface area (Å²) in [6.07, 6.45) is 1.71. The van der Waals surface area contributed by atoms with Gasteiger partial charge in [-0.25, -0.2) is 4.79 Å². The number of carbonyl (C=O) groups is 1. The lowest BCUT2D eigenvalue weighted by Crippen LogP contribution is -2.27. The van der Waals surface area contributed by atoms with E-state index in [0.717, 1.165) is 18.4 Å². The SMILES string of the molecule is O=C(Nc1ccc2oc(=O)[nH]c2c1)C1(c2ccccc2)CC1. The molecular weight excluding hydrogens is 280 g/mol. The molecule has 0 saturated heterocycles. The maximum Gasteiger partial charge on any atom is 0.417 e. The molecule has 5 nitrogen and oxygen atoms in total. The number of oxazole rings is 1. The van der Waals surface area contributed by atoms with E-state index in [0.29, 0.717) is 16.8 Å². The number of aromatic nitrogens is 1. The number of nitrogens with one attached hydrogen (secondary N) is 2. The van der Waals surface area contributed by atoms with Crippen molar-refractivity contribution in [3.63, 3.8) is 0 Å². The van der Waals surface area contributed by atoms with E-state index in [4.69, 9.17) is 4.42 Å². The molecule has 4 rings (SSSR count). The quantitative estimate of drug-likeness (QED) is 0.780. The molecule has 110 valence electrons. The Morgan fingerprint density at radius 3 is 2.64 bits per heavy atom. The number of hydrogen-bond acceptors (Lipinski definition) is 3. The molecule has 22 heavy (non-hydrogen) atoms. The average Bonchev–Trinajstić information content (AvgIpc) is 3.25. The number of carbonyl (C=O) groups excluding carboxylic acids is 1. The Balaban J connectivity index is 1.62. The molecule has 1 aliphatic rings. The molecule has 1 amide bonds. The summed E-state index contributed by atoms with van der Waals surface area (Å²) in [5, 5.41) is 2.94. The highest BCUT2D eigenvalue weighted by Crippen LogP contribution is 2.48. The maximum absolute atomic E-state index is 12.6. The molecule has 0 bridgehead atoms. The Morgan fingerprint density at radius 1 is 1.14 bits per heavy atom. The van der Waals surface area contributed by atoms with Crippen molar-refractivity contribution in [2.45, 2.75) is 18.3 Å². The van der Waals surface area contributed by atoms with E-state index in [2.05, 4.69) is 10.3 Å². The third-order valence-corrected chi connectivity index (χ3v) is 4.19. The van der Waals surface area contributed by atoms with E-state index in [9.17, 15) is 9.59 Å². The minimum atomic E-state index is -0.499. The topological polar surface area (TPSA) is 75.1 Å². The number of fused-ring (bicyclic) bond motifs is 1. The van der Waals surface area contributed by atoms with Gasteiger partial charge in [0.15, 0.2) is 5.58 Å². The zero-order chi connectivity index (χ0) is 15.2. The van der Waals surface area contributed by atoms with Crippen LogP contribution in [0.5, 0.6) is 0 Å². The van der Waals surface area contributed by atoms with Crippen molar-refractivity contribution >= 4 is 22.7 Å². The van der Waals surface area contributed by atoms with Crippen molar-refractivity contribution in [2.24, 2.45) is 0 Å². The summed E-state index contributed by atoms with van der Waals surface area (Å²) in [5.41, 5.74) is 2.33. The Morgan fingerprint density at radius 2 is 1.91 bits per heavy atom. The van der Waals surface area contributed by atoms with Gasteiger partial charge in [0.1, 0.15) is 0 Å². The lowest BCUT2D eigenvalue weighted by atomic mass is 9.95. The van der Waals surface area contributed by atoms with Crippen LogP contribution < -0.4 is 11.1 Å². The van der Waals surface area contributed by atoms with Crippen molar-refractivity contribution in [2.75, 3.05) is 5.32 Å². The van der Waals surface area contributed by atoms with Gasteiger partial charge in [-0.15, -0.1) is 0 Å². The first-order chi connectivity index (χ1) is 10.7. The van der Waals surface area contributed by atoms with Crippen molar-refractivity contribution in [1.29, 1.82) is 0 Å². The summed E-state index contributed by atoms with van der Waals surface area (Å²) in [4.78, 5) is 26.4. The highest BCUT2D eigenvalue weighted by atomic mass is 16.4. The predicted molar refractivity (Wildman–Crippen MR) is 82.8 cm³/mol. The van der Waals surface area contributed by atoms with Crippen LogP contribution >= 0.6 is 0 Å². The van der Waals surface area contributed by atoms with Gasteiger partial charge in [-0.2, -0.15) is 0 Å². The Bertz CT molecular complexity index is 904. The van der Waals surface area contributed by atoms with Gasteiger partial charge in [-0.3, -0.25) is 9.78 Å². The van der Waals surface area contributed by atoms with E-state index in [1.165, 1.54) is 0 Å². The molecule has 1 heterocycles. The van der Waals surface area contributed by atoms with Gasteiger partial charge in [0.05, 0.1) is 10.9 Å². The molecule has 3 aromatic rings. The number of hydrogen-bond donors (Lipinski definition) is 2. The number of anilines is 1. The van der Waals surface area contributed by atoms with Gasteiger partial charge in [0, 0.05) is 5.69 Å². The number of benzene rings is 2. The summed E-state index contributed by atoms with van der Waals surface area (Å²) >= 11 is 0. The van der Waals surface area contributed by atoms with Crippen LogP contribution in [-0.2, 0) is 10.2 Å². The monoisotopic (exact) mass is 294 g/mol. The molecule has 2 aromatic carbocycles. The summed E-state index contributed by atoms with van der Waals surface area (Å²) in [6, 6.07) is 14.9. The van der Waals surface area contributed by atoms with Crippen LogP contribution in [0.15, 0.2) is 57.7 Å². The van der Waals surface area contributed by atoms with Crippen molar-refractivity contribution in [3.05, 3.63) is 64.6 Å². The average molecular weight is 294 g/mol. The van der Waals surface area contributed by atoms with Crippen molar-refractivity contribution < 1.29 is 9.21 Å². The third kappa shape index (κ3) is 2.02. The first-order valence-electron chi connectivity index (χ1n) is 7.17. The summed E-state index contributed by atoms with van der Waals surface area (Å²) < 4.78 is 4.95. The summed E-state index contributed by atoms with van der Waals surface area (Å²) in [7, 11) is 0. The largest absolute Gasteiger partial charge is 0.417 e. The third-order valence-electron chi connectivity index (χ3n) is 4.19. The fraction of sp³-hybridized carbons (Fsp3) is 0.176. The molecule has 5 heteroatoms. The molecule has 0 unspecified atom stereocenters. The molecular formula is C17H14N2O3. The van der Waals surface area contributed by atoms with Crippen LogP contribution in [-0.4, -0.2) is 10.9 Å². The van der Waals surface area contributed by atoms with Crippen molar-refractivity contribution in [3.8, 4) is 0 Å². The van der Waals surface area contributed by atoms with E-state index in [1.807, 2.05) is 30.3 Å². The van der Waals surface area contributed by atoms with Gasteiger partial charge in [0.25, 0.3) is 0 Å². The van der Waals surface area contributed by atoms with Crippen LogP contribution in [0.2, 0.25) is 0 Å². The molecule has 1 aliphatic carbocycles. The van der Waals surface area contributed by atoms with Gasteiger partial charge in [-0.1, -0.05) is 30.3 Å². The van der Waals surface area contributed by atoms with Gasteiger partial charge < -0.3 is 9.73 Å². The highest BCUT2D eigenvalue weighted by Gasteiger charge is 2.51. The summed E-state index contributed by atoms with van der Waals surface area (Å²) in [5.74, 6) is -0.509. The first-order valence-corrected chi connectivity index (χ1v) is 7.17. The molecule has 1 saturated carbocycles.